The molecular weight excluding hydrogens is 224 g/mol. The van der Waals surface area contributed by atoms with Gasteiger partial charge in [0.05, 0.1) is 6.10 Å². The maximum Gasteiger partial charge on any atom is 0.0588 e. The molecule has 1 fully saturated rings. The molecule has 3 nitrogen and oxygen atoms in total. The van der Waals surface area contributed by atoms with Crippen molar-refractivity contribution in [2.24, 2.45) is 5.92 Å². The van der Waals surface area contributed by atoms with Gasteiger partial charge in [0, 0.05) is 18.8 Å². The summed E-state index contributed by atoms with van der Waals surface area (Å²) in [5.41, 5.74) is 7.94. The summed E-state index contributed by atoms with van der Waals surface area (Å²) in [7, 11) is 0. The maximum absolute atomic E-state index is 5.76. The van der Waals surface area contributed by atoms with Crippen molar-refractivity contribution >= 4 is 5.69 Å². The molecule has 2 unspecified atom stereocenters. The molecule has 0 aliphatic carbocycles. The van der Waals surface area contributed by atoms with Gasteiger partial charge < -0.3 is 15.8 Å². The lowest BCUT2D eigenvalue weighted by Crippen LogP contribution is -2.27. The molecule has 100 valence electrons. The predicted molar refractivity (Wildman–Crippen MR) is 75.6 cm³/mol. The summed E-state index contributed by atoms with van der Waals surface area (Å²) in [4.78, 5) is 0. The van der Waals surface area contributed by atoms with Crippen LogP contribution in [0.5, 0.6) is 0 Å². The van der Waals surface area contributed by atoms with E-state index in [1.165, 1.54) is 12.0 Å². The van der Waals surface area contributed by atoms with Crippen molar-refractivity contribution in [3.05, 3.63) is 29.8 Å². The van der Waals surface area contributed by atoms with E-state index in [1.54, 1.807) is 0 Å². The van der Waals surface area contributed by atoms with Crippen LogP contribution in [-0.4, -0.2) is 25.8 Å². The van der Waals surface area contributed by atoms with Crippen LogP contribution in [0.2, 0.25) is 0 Å². The fraction of sp³-hybridized carbons (Fsp3) is 0.600. The molecule has 2 atom stereocenters. The van der Waals surface area contributed by atoms with Gasteiger partial charge in [0.1, 0.15) is 0 Å². The second-order valence-electron chi connectivity index (χ2n) is 5.18. The smallest absolute Gasteiger partial charge is 0.0588 e. The van der Waals surface area contributed by atoms with E-state index in [2.05, 4.69) is 24.4 Å². The zero-order valence-electron chi connectivity index (χ0n) is 11.2. The minimum Gasteiger partial charge on any atom is -0.399 e. The Bertz CT molecular complexity index is 367. The van der Waals surface area contributed by atoms with E-state index < -0.39 is 0 Å². The number of hydrogen-bond donors (Lipinski definition) is 2. The second kappa shape index (κ2) is 6.76. The Kier molecular flexibility index (Phi) is 5.02. The van der Waals surface area contributed by atoms with E-state index in [-0.39, 0.29) is 0 Å². The number of benzene rings is 1. The van der Waals surface area contributed by atoms with Gasteiger partial charge in [0.25, 0.3) is 0 Å². The number of nitrogen functional groups attached to an aromatic ring is 1. The van der Waals surface area contributed by atoms with Crippen LogP contribution in [0.25, 0.3) is 0 Å². The van der Waals surface area contributed by atoms with Crippen LogP contribution in [0.3, 0.4) is 0 Å². The Hall–Kier alpha value is -1.06. The SMILES string of the molecule is CC1OCCC1CNCCCc1cccc(N)c1. The molecule has 2 rings (SSSR count). The molecule has 0 radical (unpaired) electrons. The molecule has 0 aromatic heterocycles. The maximum atomic E-state index is 5.76. The van der Waals surface area contributed by atoms with Crippen LogP contribution in [0.15, 0.2) is 24.3 Å². The Morgan fingerprint density at radius 1 is 1.44 bits per heavy atom. The number of nitrogens with two attached hydrogens (primary N) is 1. The third-order valence-corrected chi connectivity index (χ3v) is 3.71. The fourth-order valence-electron chi connectivity index (χ4n) is 2.50. The fourth-order valence-corrected chi connectivity index (χ4v) is 2.50. The lowest BCUT2D eigenvalue weighted by atomic mass is 10.0. The molecule has 1 aliphatic rings. The van der Waals surface area contributed by atoms with E-state index in [0.717, 1.165) is 38.2 Å². The molecular formula is C15H24N2O. The van der Waals surface area contributed by atoms with E-state index in [0.29, 0.717) is 12.0 Å². The Morgan fingerprint density at radius 3 is 3.06 bits per heavy atom. The van der Waals surface area contributed by atoms with Crippen molar-refractivity contribution in [3.8, 4) is 0 Å². The number of aryl methyl sites for hydroxylation is 1. The minimum absolute atomic E-state index is 0.423. The van der Waals surface area contributed by atoms with Crippen molar-refractivity contribution in [2.75, 3.05) is 25.4 Å². The standard InChI is InChI=1S/C15H24N2O/c1-12-14(7-9-18-12)11-17-8-3-5-13-4-2-6-15(16)10-13/h2,4,6,10,12,14,17H,3,5,7-9,11,16H2,1H3. The highest BCUT2D eigenvalue weighted by Crippen LogP contribution is 2.19. The number of anilines is 1. The summed E-state index contributed by atoms with van der Waals surface area (Å²) >= 11 is 0. The largest absolute Gasteiger partial charge is 0.399 e. The van der Waals surface area contributed by atoms with Crippen LogP contribution in [0.1, 0.15) is 25.3 Å². The molecule has 1 aromatic carbocycles. The third-order valence-electron chi connectivity index (χ3n) is 3.71. The quantitative estimate of drug-likeness (QED) is 0.599. The highest BCUT2D eigenvalue weighted by atomic mass is 16.5. The summed E-state index contributed by atoms with van der Waals surface area (Å²) in [6, 6.07) is 8.16. The van der Waals surface area contributed by atoms with Crippen LogP contribution in [0.4, 0.5) is 5.69 Å². The van der Waals surface area contributed by atoms with E-state index in [1.807, 2.05) is 12.1 Å². The second-order valence-corrected chi connectivity index (χ2v) is 5.18. The zero-order chi connectivity index (χ0) is 12.8. The molecule has 0 spiro atoms. The number of ether oxygens (including phenoxy) is 1. The van der Waals surface area contributed by atoms with Gasteiger partial charge in [0.2, 0.25) is 0 Å². The summed E-state index contributed by atoms with van der Waals surface area (Å²) in [5.74, 6) is 0.692. The summed E-state index contributed by atoms with van der Waals surface area (Å²) in [5, 5.41) is 3.53. The number of rotatable bonds is 6. The molecule has 0 saturated carbocycles. The molecule has 1 aromatic rings. The molecule has 3 N–H and O–H groups in total. The van der Waals surface area contributed by atoms with Gasteiger partial charge in [-0.1, -0.05) is 12.1 Å². The molecule has 1 aliphatic heterocycles. The van der Waals surface area contributed by atoms with Crippen LogP contribution in [0, 0.1) is 5.92 Å². The first-order chi connectivity index (χ1) is 8.75. The molecule has 0 bridgehead atoms. The van der Waals surface area contributed by atoms with Gasteiger partial charge in [0.15, 0.2) is 0 Å². The molecule has 1 heterocycles. The predicted octanol–water partition coefficient (Wildman–Crippen LogP) is 2.22. The van der Waals surface area contributed by atoms with Gasteiger partial charge in [-0.3, -0.25) is 0 Å². The van der Waals surface area contributed by atoms with Crippen molar-refractivity contribution in [1.29, 1.82) is 0 Å². The van der Waals surface area contributed by atoms with Gasteiger partial charge >= 0.3 is 0 Å². The number of nitrogens with one attached hydrogen (secondary N) is 1. The Morgan fingerprint density at radius 2 is 2.33 bits per heavy atom. The topological polar surface area (TPSA) is 47.3 Å². The Balaban J connectivity index is 1.59. The molecule has 3 heteroatoms. The van der Waals surface area contributed by atoms with Gasteiger partial charge in [-0.25, -0.2) is 0 Å². The average molecular weight is 248 g/mol. The van der Waals surface area contributed by atoms with Crippen LogP contribution in [-0.2, 0) is 11.2 Å². The van der Waals surface area contributed by atoms with Crippen molar-refractivity contribution in [1.82, 2.24) is 5.32 Å². The van der Waals surface area contributed by atoms with E-state index in [9.17, 15) is 0 Å². The molecule has 18 heavy (non-hydrogen) atoms. The van der Waals surface area contributed by atoms with Gasteiger partial charge in [-0.2, -0.15) is 0 Å². The average Bonchev–Trinajstić information content (AvgIpc) is 2.75. The molecule has 1 saturated heterocycles. The van der Waals surface area contributed by atoms with Crippen LogP contribution >= 0.6 is 0 Å². The summed E-state index contributed by atoms with van der Waals surface area (Å²) < 4.78 is 5.55. The highest BCUT2D eigenvalue weighted by molar-refractivity contribution is 5.40. The zero-order valence-corrected chi connectivity index (χ0v) is 11.2. The monoisotopic (exact) mass is 248 g/mol. The highest BCUT2D eigenvalue weighted by Gasteiger charge is 2.23. The molecule has 0 amide bonds. The first-order valence-corrected chi connectivity index (χ1v) is 6.92. The van der Waals surface area contributed by atoms with Crippen molar-refractivity contribution in [2.45, 2.75) is 32.3 Å². The first-order valence-electron chi connectivity index (χ1n) is 6.92. The van der Waals surface area contributed by atoms with Gasteiger partial charge in [-0.15, -0.1) is 0 Å². The van der Waals surface area contributed by atoms with Crippen molar-refractivity contribution in [3.63, 3.8) is 0 Å². The Labute approximate surface area is 110 Å². The minimum atomic E-state index is 0.423. The lowest BCUT2D eigenvalue weighted by molar-refractivity contribution is 0.105. The lowest BCUT2D eigenvalue weighted by Gasteiger charge is -2.14. The van der Waals surface area contributed by atoms with E-state index >= 15 is 0 Å². The van der Waals surface area contributed by atoms with Crippen molar-refractivity contribution < 1.29 is 4.74 Å². The normalized spacial score (nSPS) is 23.4. The first kappa shape index (κ1) is 13.4. The van der Waals surface area contributed by atoms with Gasteiger partial charge in [-0.05, 0) is 56.3 Å². The summed E-state index contributed by atoms with van der Waals surface area (Å²) in [6.45, 7) is 5.25. The van der Waals surface area contributed by atoms with Crippen LogP contribution < -0.4 is 11.1 Å². The number of hydrogen-bond acceptors (Lipinski definition) is 3. The third kappa shape index (κ3) is 4.00. The van der Waals surface area contributed by atoms with E-state index in [4.69, 9.17) is 10.5 Å². The summed E-state index contributed by atoms with van der Waals surface area (Å²) in [6.07, 6.45) is 3.87.